The van der Waals surface area contributed by atoms with Crippen molar-refractivity contribution >= 4 is 0 Å². The van der Waals surface area contributed by atoms with Gasteiger partial charge in [-0.2, -0.15) is 0 Å². The topological polar surface area (TPSA) is 3.24 Å². The lowest BCUT2D eigenvalue weighted by molar-refractivity contribution is 0.127. The van der Waals surface area contributed by atoms with Crippen molar-refractivity contribution < 1.29 is 0 Å². The van der Waals surface area contributed by atoms with Crippen molar-refractivity contribution in [3.05, 3.63) is 0 Å². The molecule has 1 nitrogen and oxygen atoms in total. The van der Waals surface area contributed by atoms with Crippen LogP contribution >= 0.6 is 0 Å². The second-order valence-corrected chi connectivity index (χ2v) is 5.01. The number of hydrogen-bond donors (Lipinski definition) is 0. The lowest BCUT2D eigenvalue weighted by Gasteiger charge is -2.35. The van der Waals surface area contributed by atoms with Crippen molar-refractivity contribution in [1.82, 2.24) is 4.90 Å². The van der Waals surface area contributed by atoms with Crippen molar-refractivity contribution in [3.8, 4) is 0 Å². The zero-order valence-electron chi connectivity index (χ0n) is 8.52. The lowest BCUT2D eigenvalue weighted by atomic mass is 10.1. The van der Waals surface area contributed by atoms with Crippen LogP contribution in [0.1, 0.15) is 41.0 Å². The fraction of sp³-hybridized carbons (Fsp3) is 1.00. The number of likely N-dealkylation sites (tertiary alicyclic amines) is 1. The molecule has 0 radical (unpaired) electrons. The zero-order valence-corrected chi connectivity index (χ0v) is 8.52. The summed E-state index contributed by atoms with van der Waals surface area (Å²) >= 11 is 0. The molecule has 1 heterocycles. The van der Waals surface area contributed by atoms with Crippen molar-refractivity contribution in [3.63, 3.8) is 0 Å². The van der Waals surface area contributed by atoms with Crippen LogP contribution in [0.25, 0.3) is 0 Å². The fourth-order valence-corrected chi connectivity index (χ4v) is 2.23. The number of nitrogens with zero attached hydrogens (tertiary/aromatic N) is 1. The third-order valence-electron chi connectivity index (χ3n) is 2.65. The van der Waals surface area contributed by atoms with E-state index in [1.165, 1.54) is 13.0 Å². The first-order chi connectivity index (χ1) is 4.91. The van der Waals surface area contributed by atoms with Crippen LogP contribution < -0.4 is 0 Å². The highest BCUT2D eigenvalue weighted by molar-refractivity contribution is 4.88. The summed E-state index contributed by atoms with van der Waals surface area (Å²) in [5.74, 6) is 0.893. The van der Waals surface area contributed by atoms with E-state index in [4.69, 9.17) is 0 Å². The quantitative estimate of drug-likeness (QED) is 0.519. The second-order valence-electron chi connectivity index (χ2n) is 5.01. The molecule has 0 bridgehead atoms. The number of rotatable bonds is 0. The van der Waals surface area contributed by atoms with Gasteiger partial charge in [-0.15, -0.1) is 0 Å². The normalized spacial score (nSPS) is 34.6. The highest BCUT2D eigenvalue weighted by atomic mass is 15.2. The first-order valence-electron chi connectivity index (χ1n) is 4.68. The molecule has 1 rings (SSSR count). The van der Waals surface area contributed by atoms with Crippen LogP contribution in [0.5, 0.6) is 0 Å². The van der Waals surface area contributed by atoms with Gasteiger partial charge in [-0.1, -0.05) is 6.92 Å². The SMILES string of the molecule is C[C@H]1C[C@@H](C)N(C(C)(C)C)C1. The summed E-state index contributed by atoms with van der Waals surface area (Å²) in [6.45, 7) is 12.9. The Morgan fingerprint density at radius 1 is 1.18 bits per heavy atom. The Balaban J connectivity index is 2.60. The van der Waals surface area contributed by atoms with Crippen molar-refractivity contribution in [1.29, 1.82) is 0 Å². The second kappa shape index (κ2) is 2.78. The summed E-state index contributed by atoms with van der Waals surface area (Å²) in [6.07, 6.45) is 1.37. The molecule has 1 aliphatic heterocycles. The predicted molar refractivity (Wildman–Crippen MR) is 49.7 cm³/mol. The molecule has 0 aliphatic carbocycles. The molecule has 2 atom stereocenters. The van der Waals surface area contributed by atoms with Crippen molar-refractivity contribution in [2.24, 2.45) is 5.92 Å². The fourth-order valence-electron chi connectivity index (χ4n) is 2.23. The van der Waals surface area contributed by atoms with Crippen LogP contribution in [0.4, 0.5) is 0 Å². The third kappa shape index (κ3) is 1.96. The summed E-state index contributed by atoms with van der Waals surface area (Å²) < 4.78 is 0. The van der Waals surface area contributed by atoms with E-state index in [-0.39, 0.29) is 0 Å². The summed E-state index contributed by atoms with van der Waals surface area (Å²) in [5.41, 5.74) is 0.365. The third-order valence-corrected chi connectivity index (χ3v) is 2.65. The average molecular weight is 155 g/mol. The summed E-state index contributed by atoms with van der Waals surface area (Å²) in [7, 11) is 0. The summed E-state index contributed by atoms with van der Waals surface area (Å²) in [6, 6.07) is 0.782. The average Bonchev–Trinajstić information content (AvgIpc) is 2.08. The van der Waals surface area contributed by atoms with Gasteiger partial charge >= 0.3 is 0 Å². The molecule has 0 N–H and O–H groups in total. The zero-order chi connectivity index (χ0) is 8.65. The van der Waals surface area contributed by atoms with Gasteiger partial charge in [-0.3, -0.25) is 4.90 Å². The molecule has 0 aromatic heterocycles. The van der Waals surface area contributed by atoms with E-state index < -0.39 is 0 Å². The number of hydrogen-bond acceptors (Lipinski definition) is 1. The van der Waals surface area contributed by atoms with Gasteiger partial charge in [0.05, 0.1) is 0 Å². The Bertz CT molecular complexity index is 134. The van der Waals surface area contributed by atoms with Gasteiger partial charge in [0.25, 0.3) is 0 Å². The van der Waals surface area contributed by atoms with Crippen molar-refractivity contribution in [2.45, 2.75) is 52.6 Å². The molecule has 1 aliphatic rings. The molecule has 0 aromatic rings. The molecule has 1 fully saturated rings. The van der Waals surface area contributed by atoms with E-state index in [1.807, 2.05) is 0 Å². The maximum Gasteiger partial charge on any atom is 0.0127 e. The van der Waals surface area contributed by atoms with Crippen LogP contribution in [0.2, 0.25) is 0 Å². The monoisotopic (exact) mass is 155 g/mol. The van der Waals surface area contributed by atoms with Gasteiger partial charge in [0.15, 0.2) is 0 Å². The van der Waals surface area contributed by atoms with E-state index in [0.717, 1.165) is 12.0 Å². The van der Waals surface area contributed by atoms with Crippen LogP contribution in [0, 0.1) is 5.92 Å². The van der Waals surface area contributed by atoms with Gasteiger partial charge in [0, 0.05) is 18.1 Å². The minimum atomic E-state index is 0.365. The molecule has 1 saturated heterocycles. The molecule has 0 amide bonds. The molecule has 0 saturated carbocycles. The van der Waals surface area contributed by atoms with E-state index >= 15 is 0 Å². The molecule has 0 spiro atoms. The molecule has 1 heteroatoms. The Kier molecular flexibility index (Phi) is 2.29. The molecular formula is C10H21N. The minimum absolute atomic E-state index is 0.365. The maximum absolute atomic E-state index is 2.61. The van der Waals surface area contributed by atoms with E-state index in [9.17, 15) is 0 Å². The molecule has 66 valence electrons. The standard InChI is InChI=1S/C10H21N/c1-8-6-9(2)11(7-8)10(3,4)5/h8-9H,6-7H2,1-5H3/t8-,9+/m0/s1. The molecule has 0 unspecified atom stereocenters. The summed E-state index contributed by atoms with van der Waals surface area (Å²) in [5, 5.41) is 0. The molecule has 0 aromatic carbocycles. The van der Waals surface area contributed by atoms with E-state index in [0.29, 0.717) is 5.54 Å². The minimum Gasteiger partial charge on any atom is -0.296 e. The maximum atomic E-state index is 2.61. The highest BCUT2D eigenvalue weighted by Crippen LogP contribution is 2.29. The van der Waals surface area contributed by atoms with Crippen LogP contribution in [0.15, 0.2) is 0 Å². The Hall–Kier alpha value is -0.0400. The highest BCUT2D eigenvalue weighted by Gasteiger charge is 2.33. The van der Waals surface area contributed by atoms with Crippen molar-refractivity contribution in [2.75, 3.05) is 6.54 Å². The van der Waals surface area contributed by atoms with Crippen LogP contribution in [-0.2, 0) is 0 Å². The first kappa shape index (κ1) is 9.05. The predicted octanol–water partition coefficient (Wildman–Crippen LogP) is 2.52. The largest absolute Gasteiger partial charge is 0.296 e. The van der Waals surface area contributed by atoms with Gasteiger partial charge < -0.3 is 0 Å². The smallest absolute Gasteiger partial charge is 0.0127 e. The Morgan fingerprint density at radius 3 is 1.91 bits per heavy atom. The van der Waals surface area contributed by atoms with Crippen LogP contribution in [-0.4, -0.2) is 23.0 Å². The first-order valence-corrected chi connectivity index (χ1v) is 4.68. The Morgan fingerprint density at radius 2 is 1.73 bits per heavy atom. The summed E-state index contributed by atoms with van der Waals surface area (Å²) in [4.78, 5) is 2.61. The van der Waals surface area contributed by atoms with Gasteiger partial charge in [-0.05, 0) is 40.0 Å². The van der Waals surface area contributed by atoms with Crippen LogP contribution in [0.3, 0.4) is 0 Å². The Labute approximate surface area is 70.8 Å². The molecular weight excluding hydrogens is 134 g/mol. The van der Waals surface area contributed by atoms with Gasteiger partial charge in [0.2, 0.25) is 0 Å². The van der Waals surface area contributed by atoms with Gasteiger partial charge in [-0.25, -0.2) is 0 Å². The molecule has 11 heavy (non-hydrogen) atoms. The van der Waals surface area contributed by atoms with E-state index in [2.05, 4.69) is 39.5 Å². The van der Waals surface area contributed by atoms with Gasteiger partial charge in [0.1, 0.15) is 0 Å². The lowest BCUT2D eigenvalue weighted by Crippen LogP contribution is -2.43. The van der Waals surface area contributed by atoms with E-state index in [1.54, 1.807) is 0 Å².